The molecular formula is C19H21N5O. The fraction of sp³-hybridized carbons (Fsp3) is 0.211. The van der Waals surface area contributed by atoms with Crippen molar-refractivity contribution in [1.82, 2.24) is 25.4 Å². The molecule has 0 unspecified atom stereocenters. The van der Waals surface area contributed by atoms with E-state index in [1.807, 2.05) is 43.6 Å². The molecule has 0 aliphatic rings. The molecule has 25 heavy (non-hydrogen) atoms. The van der Waals surface area contributed by atoms with Crippen molar-refractivity contribution in [3.05, 3.63) is 72.2 Å². The lowest BCUT2D eigenvalue weighted by Crippen LogP contribution is -2.36. The number of aromatic nitrogens is 3. The summed E-state index contributed by atoms with van der Waals surface area (Å²) in [6, 6.07) is 13.8. The Kier molecular flexibility index (Phi) is 5.41. The summed E-state index contributed by atoms with van der Waals surface area (Å²) in [6.45, 7) is 1.05. The van der Waals surface area contributed by atoms with Crippen LogP contribution in [0.1, 0.15) is 11.1 Å². The van der Waals surface area contributed by atoms with Gasteiger partial charge in [0, 0.05) is 38.1 Å². The van der Waals surface area contributed by atoms with Crippen LogP contribution < -0.4 is 10.6 Å². The molecule has 1 aromatic carbocycles. The van der Waals surface area contributed by atoms with Crippen molar-refractivity contribution in [3.63, 3.8) is 0 Å². The molecule has 3 rings (SSSR count). The highest BCUT2D eigenvalue weighted by Crippen LogP contribution is 2.15. The summed E-state index contributed by atoms with van der Waals surface area (Å²) in [5.41, 5.74) is 3.99. The molecule has 3 aromatic rings. The molecule has 6 nitrogen and oxygen atoms in total. The Balaban J connectivity index is 1.42. The van der Waals surface area contributed by atoms with E-state index in [1.165, 1.54) is 5.56 Å². The fourth-order valence-electron chi connectivity index (χ4n) is 2.46. The Morgan fingerprint density at radius 1 is 1.04 bits per heavy atom. The van der Waals surface area contributed by atoms with E-state index in [1.54, 1.807) is 17.1 Å². The monoisotopic (exact) mass is 335 g/mol. The van der Waals surface area contributed by atoms with Crippen molar-refractivity contribution in [3.8, 4) is 11.3 Å². The summed E-state index contributed by atoms with van der Waals surface area (Å²) in [6.07, 6.45) is 6.28. The smallest absolute Gasteiger partial charge is 0.315 e. The molecule has 6 heteroatoms. The van der Waals surface area contributed by atoms with E-state index < -0.39 is 0 Å². The van der Waals surface area contributed by atoms with Crippen molar-refractivity contribution >= 4 is 6.03 Å². The number of hydrogen-bond acceptors (Lipinski definition) is 3. The number of nitrogens with zero attached hydrogens (tertiary/aromatic N) is 3. The highest BCUT2D eigenvalue weighted by atomic mass is 16.2. The predicted octanol–water partition coefficient (Wildman–Crippen LogP) is 2.52. The first kappa shape index (κ1) is 16.7. The maximum Gasteiger partial charge on any atom is 0.315 e. The molecule has 0 fully saturated rings. The van der Waals surface area contributed by atoms with Gasteiger partial charge in [0.25, 0.3) is 0 Å². The standard InChI is InChI=1S/C19H21N5O/c1-24-14-17(13-23-24)18-8-7-16(11-21-18)12-22-19(25)20-10-9-15-5-3-2-4-6-15/h2-8,11,13-14H,9-10,12H2,1H3,(H2,20,22,25). The maximum absolute atomic E-state index is 11.8. The maximum atomic E-state index is 11.8. The van der Waals surface area contributed by atoms with Crippen LogP contribution in [-0.2, 0) is 20.0 Å². The number of carbonyl (C=O) groups excluding carboxylic acids is 1. The molecule has 2 amide bonds. The van der Waals surface area contributed by atoms with E-state index in [-0.39, 0.29) is 6.03 Å². The number of nitrogens with one attached hydrogen (secondary N) is 2. The number of amides is 2. The third kappa shape index (κ3) is 4.91. The highest BCUT2D eigenvalue weighted by Gasteiger charge is 2.04. The number of hydrogen-bond donors (Lipinski definition) is 2. The molecule has 0 atom stereocenters. The van der Waals surface area contributed by atoms with Gasteiger partial charge in [-0.25, -0.2) is 4.79 Å². The summed E-state index contributed by atoms with van der Waals surface area (Å²) < 4.78 is 1.74. The van der Waals surface area contributed by atoms with Gasteiger partial charge in [-0.05, 0) is 23.6 Å². The minimum absolute atomic E-state index is 0.174. The number of urea groups is 1. The van der Waals surface area contributed by atoms with Crippen molar-refractivity contribution in [2.24, 2.45) is 7.05 Å². The molecule has 2 N–H and O–H groups in total. The van der Waals surface area contributed by atoms with Gasteiger partial charge in [-0.2, -0.15) is 5.10 Å². The Morgan fingerprint density at radius 3 is 2.56 bits per heavy atom. The summed E-state index contributed by atoms with van der Waals surface area (Å²) >= 11 is 0. The predicted molar refractivity (Wildman–Crippen MR) is 96.8 cm³/mol. The molecule has 128 valence electrons. The fourth-order valence-corrected chi connectivity index (χ4v) is 2.46. The molecule has 0 aliphatic carbocycles. The number of aryl methyl sites for hydroxylation is 1. The molecule has 0 spiro atoms. The van der Waals surface area contributed by atoms with Crippen LogP contribution in [0.3, 0.4) is 0 Å². The minimum atomic E-state index is -0.174. The normalized spacial score (nSPS) is 10.4. The summed E-state index contributed by atoms with van der Waals surface area (Å²) in [5.74, 6) is 0. The third-order valence-corrected chi connectivity index (χ3v) is 3.82. The molecule has 2 aromatic heterocycles. The van der Waals surface area contributed by atoms with Crippen LogP contribution in [0.25, 0.3) is 11.3 Å². The number of benzene rings is 1. The van der Waals surface area contributed by atoms with Crippen LogP contribution in [0.5, 0.6) is 0 Å². The van der Waals surface area contributed by atoms with Gasteiger partial charge in [0.05, 0.1) is 11.9 Å². The van der Waals surface area contributed by atoms with Gasteiger partial charge < -0.3 is 10.6 Å². The Morgan fingerprint density at radius 2 is 1.88 bits per heavy atom. The van der Waals surface area contributed by atoms with Crippen molar-refractivity contribution in [1.29, 1.82) is 0 Å². The Hall–Kier alpha value is -3.15. The first-order chi connectivity index (χ1) is 12.2. The lowest BCUT2D eigenvalue weighted by Gasteiger charge is -2.08. The van der Waals surface area contributed by atoms with Crippen LogP contribution in [0.2, 0.25) is 0 Å². The van der Waals surface area contributed by atoms with Gasteiger partial charge >= 0.3 is 6.03 Å². The summed E-state index contributed by atoms with van der Waals surface area (Å²) in [4.78, 5) is 16.3. The van der Waals surface area contributed by atoms with E-state index in [0.717, 1.165) is 23.2 Å². The topological polar surface area (TPSA) is 71.8 Å². The second-order valence-corrected chi connectivity index (χ2v) is 5.80. The van der Waals surface area contributed by atoms with Crippen LogP contribution in [-0.4, -0.2) is 27.3 Å². The zero-order valence-corrected chi connectivity index (χ0v) is 14.1. The van der Waals surface area contributed by atoms with Crippen molar-refractivity contribution in [2.45, 2.75) is 13.0 Å². The van der Waals surface area contributed by atoms with Crippen LogP contribution in [0.15, 0.2) is 61.1 Å². The van der Waals surface area contributed by atoms with Crippen LogP contribution >= 0.6 is 0 Å². The van der Waals surface area contributed by atoms with Crippen LogP contribution in [0, 0.1) is 0 Å². The van der Waals surface area contributed by atoms with Gasteiger partial charge in [0.15, 0.2) is 0 Å². The van der Waals surface area contributed by atoms with E-state index in [4.69, 9.17) is 0 Å². The Labute approximate surface area is 146 Å². The second-order valence-electron chi connectivity index (χ2n) is 5.80. The third-order valence-electron chi connectivity index (χ3n) is 3.82. The molecule has 0 saturated heterocycles. The van der Waals surface area contributed by atoms with Crippen LogP contribution in [0.4, 0.5) is 4.79 Å². The first-order valence-corrected chi connectivity index (χ1v) is 8.20. The average molecular weight is 335 g/mol. The first-order valence-electron chi connectivity index (χ1n) is 8.20. The van der Waals surface area contributed by atoms with Gasteiger partial charge in [-0.1, -0.05) is 36.4 Å². The largest absolute Gasteiger partial charge is 0.338 e. The molecule has 0 bridgehead atoms. The summed E-state index contributed by atoms with van der Waals surface area (Å²) in [5, 5.41) is 9.84. The summed E-state index contributed by atoms with van der Waals surface area (Å²) in [7, 11) is 1.87. The van der Waals surface area contributed by atoms with Crippen molar-refractivity contribution in [2.75, 3.05) is 6.54 Å². The van der Waals surface area contributed by atoms with Gasteiger partial charge in [-0.3, -0.25) is 9.67 Å². The average Bonchev–Trinajstić information content (AvgIpc) is 3.08. The Bertz CT molecular complexity index is 811. The van der Waals surface area contributed by atoms with Gasteiger partial charge in [0.2, 0.25) is 0 Å². The van der Waals surface area contributed by atoms with Gasteiger partial charge in [0.1, 0.15) is 0 Å². The molecule has 0 radical (unpaired) electrons. The van der Waals surface area contributed by atoms with E-state index >= 15 is 0 Å². The van der Waals surface area contributed by atoms with E-state index in [2.05, 4.69) is 32.8 Å². The molecular weight excluding hydrogens is 314 g/mol. The number of rotatable bonds is 6. The number of pyridine rings is 1. The van der Waals surface area contributed by atoms with Crippen molar-refractivity contribution < 1.29 is 4.79 Å². The second kappa shape index (κ2) is 8.10. The quantitative estimate of drug-likeness (QED) is 0.727. The molecule has 2 heterocycles. The van der Waals surface area contributed by atoms with E-state index in [9.17, 15) is 4.79 Å². The zero-order valence-electron chi connectivity index (χ0n) is 14.1. The lowest BCUT2D eigenvalue weighted by atomic mass is 10.1. The van der Waals surface area contributed by atoms with E-state index in [0.29, 0.717) is 13.1 Å². The van der Waals surface area contributed by atoms with Gasteiger partial charge in [-0.15, -0.1) is 0 Å². The molecule has 0 aliphatic heterocycles. The SMILES string of the molecule is Cn1cc(-c2ccc(CNC(=O)NCCc3ccccc3)cn2)cn1. The highest BCUT2D eigenvalue weighted by molar-refractivity contribution is 5.73. The number of carbonyl (C=O) groups is 1. The minimum Gasteiger partial charge on any atom is -0.338 e. The zero-order chi connectivity index (χ0) is 17.5. The molecule has 0 saturated carbocycles. The lowest BCUT2D eigenvalue weighted by molar-refractivity contribution is 0.240.